The molecule has 4 nitrogen and oxygen atoms in total. The second-order valence-corrected chi connectivity index (χ2v) is 9.07. The molecule has 1 amide bonds. The fourth-order valence-electron chi connectivity index (χ4n) is 3.77. The molecule has 1 aliphatic heterocycles. The zero-order valence-corrected chi connectivity index (χ0v) is 19.2. The average Bonchev–Trinajstić information content (AvgIpc) is 3.29. The van der Waals surface area contributed by atoms with E-state index in [2.05, 4.69) is 55.1 Å². The second kappa shape index (κ2) is 10.1. The fraction of sp³-hybridized carbons (Fsp3) is 0.346. The first-order valence-corrected chi connectivity index (χ1v) is 11.8. The Bertz CT molecular complexity index is 987. The van der Waals surface area contributed by atoms with Crippen molar-refractivity contribution in [3.05, 3.63) is 87.1 Å². The Hall–Kier alpha value is -2.63. The highest BCUT2D eigenvalue weighted by atomic mass is 32.1. The summed E-state index contributed by atoms with van der Waals surface area (Å²) in [6, 6.07) is 18.9. The minimum atomic E-state index is 0.138. The molecule has 3 aromatic rings. The Labute approximate surface area is 189 Å². The van der Waals surface area contributed by atoms with Crippen LogP contribution in [0.5, 0.6) is 5.75 Å². The summed E-state index contributed by atoms with van der Waals surface area (Å²) >= 11 is 1.51. The molecule has 2 aromatic carbocycles. The van der Waals surface area contributed by atoms with Crippen molar-refractivity contribution in [2.75, 3.05) is 26.2 Å². The Kier molecular flexibility index (Phi) is 7.05. The van der Waals surface area contributed by atoms with Gasteiger partial charge in [-0.25, -0.2) is 0 Å². The van der Waals surface area contributed by atoms with Gasteiger partial charge in [0.2, 0.25) is 0 Å². The number of ether oxygens (including phenoxy) is 1. The quantitative estimate of drug-likeness (QED) is 0.515. The van der Waals surface area contributed by atoms with Gasteiger partial charge >= 0.3 is 0 Å². The molecule has 162 valence electrons. The lowest BCUT2D eigenvalue weighted by molar-refractivity contribution is 0.0633. The van der Waals surface area contributed by atoms with Crippen LogP contribution in [0.2, 0.25) is 0 Å². The summed E-state index contributed by atoms with van der Waals surface area (Å²) in [5, 5.41) is 2.03. The van der Waals surface area contributed by atoms with E-state index in [4.69, 9.17) is 4.74 Å². The Morgan fingerprint density at radius 1 is 0.935 bits per heavy atom. The molecule has 0 atom stereocenters. The van der Waals surface area contributed by atoms with Gasteiger partial charge in [-0.05, 0) is 48.1 Å². The van der Waals surface area contributed by atoms with Gasteiger partial charge in [-0.1, -0.05) is 48.9 Å². The van der Waals surface area contributed by atoms with E-state index in [0.29, 0.717) is 6.61 Å². The van der Waals surface area contributed by atoms with Crippen molar-refractivity contribution in [2.24, 2.45) is 0 Å². The van der Waals surface area contributed by atoms with Crippen molar-refractivity contribution in [3.8, 4) is 5.75 Å². The summed E-state index contributed by atoms with van der Waals surface area (Å²) in [7, 11) is 0. The molecule has 1 saturated heterocycles. The summed E-state index contributed by atoms with van der Waals surface area (Å²) in [5.41, 5.74) is 4.97. The predicted molar refractivity (Wildman–Crippen MR) is 127 cm³/mol. The molecule has 5 heteroatoms. The molecular weight excluding hydrogens is 404 g/mol. The van der Waals surface area contributed by atoms with Crippen molar-refractivity contribution >= 4 is 17.2 Å². The van der Waals surface area contributed by atoms with E-state index in [9.17, 15) is 4.79 Å². The van der Waals surface area contributed by atoms with Gasteiger partial charge in [-0.2, -0.15) is 0 Å². The second-order valence-electron chi connectivity index (χ2n) is 8.16. The van der Waals surface area contributed by atoms with Gasteiger partial charge in [-0.15, -0.1) is 11.3 Å². The third kappa shape index (κ3) is 5.75. The van der Waals surface area contributed by atoms with Crippen LogP contribution >= 0.6 is 11.3 Å². The smallest absolute Gasteiger partial charge is 0.264 e. The third-order valence-corrected chi connectivity index (χ3v) is 6.75. The average molecular weight is 435 g/mol. The maximum Gasteiger partial charge on any atom is 0.264 e. The molecule has 0 unspecified atom stereocenters. The van der Waals surface area contributed by atoms with Gasteiger partial charge < -0.3 is 9.64 Å². The van der Waals surface area contributed by atoms with Gasteiger partial charge in [0.25, 0.3) is 5.91 Å². The summed E-state index contributed by atoms with van der Waals surface area (Å²) in [5.74, 6) is 1.000. The van der Waals surface area contributed by atoms with Crippen molar-refractivity contribution < 1.29 is 9.53 Å². The maximum atomic E-state index is 12.9. The number of thiophene rings is 1. The molecule has 1 aromatic heterocycles. The lowest BCUT2D eigenvalue weighted by Crippen LogP contribution is -2.48. The van der Waals surface area contributed by atoms with Crippen LogP contribution in [0.4, 0.5) is 0 Å². The highest BCUT2D eigenvalue weighted by Gasteiger charge is 2.23. The maximum absolute atomic E-state index is 12.9. The van der Waals surface area contributed by atoms with E-state index in [1.54, 1.807) is 0 Å². The Morgan fingerprint density at radius 3 is 2.29 bits per heavy atom. The Morgan fingerprint density at radius 2 is 1.61 bits per heavy atom. The van der Waals surface area contributed by atoms with Crippen LogP contribution in [-0.2, 0) is 19.6 Å². The van der Waals surface area contributed by atoms with Crippen LogP contribution in [-0.4, -0.2) is 41.9 Å². The zero-order valence-electron chi connectivity index (χ0n) is 18.3. The fourth-order valence-corrected chi connectivity index (χ4v) is 4.63. The van der Waals surface area contributed by atoms with Gasteiger partial charge in [0.15, 0.2) is 0 Å². The number of aryl methyl sites for hydroxylation is 2. The van der Waals surface area contributed by atoms with E-state index in [1.165, 1.54) is 28.0 Å². The first-order chi connectivity index (χ1) is 15.1. The van der Waals surface area contributed by atoms with Crippen molar-refractivity contribution in [1.82, 2.24) is 9.80 Å². The van der Waals surface area contributed by atoms with Gasteiger partial charge in [0.05, 0.1) is 4.88 Å². The number of benzene rings is 2. The molecule has 31 heavy (non-hydrogen) atoms. The third-order valence-electron chi connectivity index (χ3n) is 5.79. The number of piperazine rings is 1. The Balaban J connectivity index is 1.26. The van der Waals surface area contributed by atoms with Gasteiger partial charge in [0.1, 0.15) is 12.4 Å². The minimum Gasteiger partial charge on any atom is -0.489 e. The molecule has 0 bridgehead atoms. The van der Waals surface area contributed by atoms with E-state index in [1.807, 2.05) is 28.5 Å². The summed E-state index contributed by atoms with van der Waals surface area (Å²) in [4.78, 5) is 18.1. The lowest BCUT2D eigenvalue weighted by Gasteiger charge is -2.34. The highest BCUT2D eigenvalue weighted by Crippen LogP contribution is 2.21. The van der Waals surface area contributed by atoms with Crippen molar-refractivity contribution in [1.29, 1.82) is 0 Å². The normalized spacial score (nSPS) is 14.6. The van der Waals surface area contributed by atoms with Crippen LogP contribution in [0.15, 0.2) is 60.0 Å². The predicted octanol–water partition coefficient (Wildman–Crippen LogP) is 5.16. The molecular formula is C26H30N2O2S. The summed E-state index contributed by atoms with van der Waals surface area (Å²) in [6.07, 6.45) is 1.02. The van der Waals surface area contributed by atoms with Gasteiger partial charge in [-0.3, -0.25) is 9.69 Å². The monoisotopic (exact) mass is 434 g/mol. The first-order valence-electron chi connectivity index (χ1n) is 11.0. The molecule has 1 fully saturated rings. The molecule has 0 radical (unpaired) electrons. The van der Waals surface area contributed by atoms with Crippen LogP contribution in [0.25, 0.3) is 0 Å². The summed E-state index contributed by atoms with van der Waals surface area (Å²) < 4.78 is 5.88. The zero-order chi connectivity index (χ0) is 21.6. The lowest BCUT2D eigenvalue weighted by atomic mass is 10.1. The van der Waals surface area contributed by atoms with Crippen molar-refractivity contribution in [3.63, 3.8) is 0 Å². The summed E-state index contributed by atoms with van der Waals surface area (Å²) in [6.45, 7) is 9.06. The molecule has 0 saturated carbocycles. The number of hydrogen-bond acceptors (Lipinski definition) is 4. The number of carbonyl (C=O) groups is 1. The standard InChI is InChI=1S/C26H30N2O2S/c1-3-21-8-10-24(11-9-21)30-18-23-16-25(31-19-23)26(29)28-14-12-27(13-15-28)17-22-6-4-20(2)5-7-22/h4-11,16,19H,3,12-15,17-18H2,1-2H3. The molecule has 2 heterocycles. The SMILES string of the molecule is CCc1ccc(OCc2csc(C(=O)N3CCN(Cc4ccc(C)cc4)CC3)c2)cc1. The number of rotatable bonds is 7. The molecule has 1 aliphatic rings. The molecule has 4 rings (SSSR count). The van der Waals surface area contributed by atoms with Crippen LogP contribution in [0.1, 0.15) is 38.8 Å². The molecule has 0 spiro atoms. The number of hydrogen-bond donors (Lipinski definition) is 0. The first kappa shape index (κ1) is 21.6. The van der Waals surface area contributed by atoms with Crippen LogP contribution < -0.4 is 4.74 Å². The highest BCUT2D eigenvalue weighted by molar-refractivity contribution is 7.12. The van der Waals surface area contributed by atoms with Crippen molar-refractivity contribution in [2.45, 2.75) is 33.4 Å². The molecule has 0 N–H and O–H groups in total. The topological polar surface area (TPSA) is 32.8 Å². The largest absolute Gasteiger partial charge is 0.489 e. The number of amides is 1. The number of nitrogens with zero attached hydrogens (tertiary/aromatic N) is 2. The van der Waals surface area contributed by atoms with E-state index < -0.39 is 0 Å². The molecule has 0 aliphatic carbocycles. The van der Waals surface area contributed by atoms with E-state index in [0.717, 1.165) is 55.3 Å². The van der Waals surface area contributed by atoms with E-state index >= 15 is 0 Å². The number of carbonyl (C=O) groups excluding carboxylic acids is 1. The van der Waals surface area contributed by atoms with Crippen LogP contribution in [0.3, 0.4) is 0 Å². The van der Waals surface area contributed by atoms with Crippen LogP contribution in [0, 0.1) is 6.92 Å². The van der Waals surface area contributed by atoms with Gasteiger partial charge in [0, 0.05) is 38.3 Å². The minimum absolute atomic E-state index is 0.138. The van der Waals surface area contributed by atoms with E-state index in [-0.39, 0.29) is 5.91 Å².